The van der Waals surface area contributed by atoms with Crippen LogP contribution in [-0.2, 0) is 16.0 Å². The molecule has 1 saturated heterocycles. The number of rotatable bonds is 6. The largest absolute Gasteiger partial charge is 0.494 e. The monoisotopic (exact) mass is 508 g/mol. The molecule has 0 unspecified atom stereocenters. The van der Waals surface area contributed by atoms with Crippen LogP contribution >= 0.6 is 23.2 Å². The van der Waals surface area contributed by atoms with E-state index >= 15 is 0 Å². The summed E-state index contributed by atoms with van der Waals surface area (Å²) in [6, 6.07) is 16.9. The van der Waals surface area contributed by atoms with Gasteiger partial charge in [0.2, 0.25) is 0 Å². The second kappa shape index (κ2) is 10.3. The molecule has 1 aliphatic heterocycles. The van der Waals surface area contributed by atoms with E-state index in [1.165, 1.54) is 6.08 Å². The molecule has 0 aromatic heterocycles. The molecule has 0 radical (unpaired) electrons. The molecule has 0 atom stereocenters. The fourth-order valence-electron chi connectivity index (χ4n) is 3.76. The van der Waals surface area contributed by atoms with Gasteiger partial charge in [-0.2, -0.15) is 0 Å². The van der Waals surface area contributed by atoms with Gasteiger partial charge in [-0.3, -0.25) is 14.9 Å². The van der Waals surface area contributed by atoms with Crippen molar-refractivity contribution in [1.29, 1.82) is 0 Å². The zero-order chi connectivity index (χ0) is 25.1. The molecule has 3 aromatic rings. The SMILES string of the molecule is CCOc1cc(/C=C2\C(=O)NC(=O)N(c3ccc(C)cc3)C2=O)cc(Cl)c1Cc1ccccc1Cl. The van der Waals surface area contributed by atoms with E-state index in [-0.39, 0.29) is 5.57 Å². The summed E-state index contributed by atoms with van der Waals surface area (Å²) in [6.07, 6.45) is 1.85. The summed E-state index contributed by atoms with van der Waals surface area (Å²) in [5.41, 5.74) is 3.25. The van der Waals surface area contributed by atoms with Crippen LogP contribution in [0.15, 0.2) is 66.2 Å². The highest BCUT2D eigenvalue weighted by atomic mass is 35.5. The summed E-state index contributed by atoms with van der Waals surface area (Å²) in [5.74, 6) is -0.990. The quantitative estimate of drug-likeness (QED) is 0.329. The van der Waals surface area contributed by atoms with Crippen molar-refractivity contribution in [2.75, 3.05) is 11.5 Å². The van der Waals surface area contributed by atoms with Crippen LogP contribution in [0, 0.1) is 6.92 Å². The second-order valence-electron chi connectivity index (χ2n) is 7.97. The first-order valence-electron chi connectivity index (χ1n) is 10.9. The third kappa shape index (κ3) is 5.24. The molecule has 1 N–H and O–H groups in total. The first-order chi connectivity index (χ1) is 16.8. The van der Waals surface area contributed by atoms with Crippen molar-refractivity contribution in [1.82, 2.24) is 5.32 Å². The molecule has 0 saturated carbocycles. The Kier molecular flexibility index (Phi) is 7.24. The molecule has 0 spiro atoms. The van der Waals surface area contributed by atoms with Gasteiger partial charge in [0.15, 0.2) is 0 Å². The van der Waals surface area contributed by atoms with Crippen molar-refractivity contribution in [3.8, 4) is 5.75 Å². The van der Waals surface area contributed by atoms with Gasteiger partial charge in [0.05, 0.1) is 12.3 Å². The van der Waals surface area contributed by atoms with Gasteiger partial charge in [-0.1, -0.05) is 59.1 Å². The van der Waals surface area contributed by atoms with Crippen LogP contribution in [0.3, 0.4) is 0 Å². The maximum Gasteiger partial charge on any atom is 0.335 e. The van der Waals surface area contributed by atoms with E-state index in [0.29, 0.717) is 40.1 Å². The van der Waals surface area contributed by atoms with Crippen molar-refractivity contribution >= 4 is 52.8 Å². The fraction of sp³-hybridized carbons (Fsp3) is 0.148. The first-order valence-corrected chi connectivity index (χ1v) is 11.7. The Hall–Kier alpha value is -3.61. The number of halogens is 2. The zero-order valence-electron chi connectivity index (χ0n) is 19.1. The summed E-state index contributed by atoms with van der Waals surface area (Å²) in [7, 11) is 0. The van der Waals surface area contributed by atoms with Crippen molar-refractivity contribution in [2.24, 2.45) is 0 Å². The van der Waals surface area contributed by atoms with Gasteiger partial charge in [0.25, 0.3) is 11.8 Å². The average Bonchev–Trinajstić information content (AvgIpc) is 2.81. The minimum atomic E-state index is -0.802. The van der Waals surface area contributed by atoms with Crippen LogP contribution in [-0.4, -0.2) is 24.5 Å². The summed E-state index contributed by atoms with van der Waals surface area (Å²) in [5, 5.41) is 3.24. The molecule has 6 nitrogen and oxygen atoms in total. The normalized spacial score (nSPS) is 14.9. The second-order valence-corrected chi connectivity index (χ2v) is 8.79. The number of nitrogens with zero attached hydrogens (tertiary/aromatic N) is 1. The Balaban J connectivity index is 1.72. The molecule has 35 heavy (non-hydrogen) atoms. The van der Waals surface area contributed by atoms with Gasteiger partial charge in [-0.25, -0.2) is 9.69 Å². The van der Waals surface area contributed by atoms with Crippen molar-refractivity contribution < 1.29 is 19.1 Å². The van der Waals surface area contributed by atoms with Crippen molar-refractivity contribution in [2.45, 2.75) is 20.3 Å². The maximum absolute atomic E-state index is 13.2. The third-order valence-electron chi connectivity index (χ3n) is 5.51. The topological polar surface area (TPSA) is 75.7 Å². The molecular formula is C27H22Cl2N2O4. The number of imide groups is 2. The van der Waals surface area contributed by atoms with E-state index in [1.807, 2.05) is 32.0 Å². The molecule has 0 bridgehead atoms. The van der Waals surface area contributed by atoms with Gasteiger partial charge < -0.3 is 4.74 Å². The van der Waals surface area contributed by atoms with Crippen LogP contribution in [0.4, 0.5) is 10.5 Å². The number of nitrogens with one attached hydrogen (secondary N) is 1. The standard InChI is InChI=1S/C27H22Cl2N2O4/c1-3-35-24-14-17(13-23(29)20(24)15-18-6-4-5-7-22(18)28)12-21-25(32)30-27(34)31(26(21)33)19-10-8-16(2)9-11-19/h4-14H,3,15H2,1-2H3,(H,30,32,34)/b21-12+. The summed E-state index contributed by atoms with van der Waals surface area (Å²) < 4.78 is 5.83. The van der Waals surface area contributed by atoms with Crippen LogP contribution in [0.5, 0.6) is 5.75 Å². The Morgan fingerprint density at radius 2 is 1.69 bits per heavy atom. The number of hydrogen-bond acceptors (Lipinski definition) is 4. The smallest absolute Gasteiger partial charge is 0.335 e. The zero-order valence-corrected chi connectivity index (χ0v) is 20.6. The molecule has 4 amide bonds. The Morgan fingerprint density at radius 1 is 0.971 bits per heavy atom. The van der Waals surface area contributed by atoms with Gasteiger partial charge >= 0.3 is 6.03 Å². The number of carbonyl (C=O) groups is 3. The van der Waals surface area contributed by atoms with Crippen molar-refractivity contribution in [3.63, 3.8) is 0 Å². The van der Waals surface area contributed by atoms with Gasteiger partial charge in [0.1, 0.15) is 11.3 Å². The van der Waals surface area contributed by atoms with Crippen LogP contribution < -0.4 is 15.0 Å². The predicted molar refractivity (Wildman–Crippen MR) is 137 cm³/mol. The van der Waals surface area contributed by atoms with E-state index in [9.17, 15) is 14.4 Å². The lowest BCUT2D eigenvalue weighted by Gasteiger charge is -2.26. The highest BCUT2D eigenvalue weighted by Gasteiger charge is 2.36. The minimum absolute atomic E-state index is 0.192. The van der Waals surface area contributed by atoms with E-state index in [0.717, 1.165) is 21.6 Å². The van der Waals surface area contributed by atoms with E-state index < -0.39 is 17.8 Å². The Morgan fingerprint density at radius 3 is 2.37 bits per heavy atom. The number of hydrogen-bond donors (Lipinski definition) is 1. The molecule has 1 aliphatic rings. The van der Waals surface area contributed by atoms with Crippen LogP contribution in [0.25, 0.3) is 6.08 Å². The minimum Gasteiger partial charge on any atom is -0.494 e. The summed E-state index contributed by atoms with van der Waals surface area (Å²) in [4.78, 5) is 39.1. The maximum atomic E-state index is 13.2. The average molecular weight is 509 g/mol. The van der Waals surface area contributed by atoms with Gasteiger partial charge in [0, 0.05) is 22.0 Å². The van der Waals surface area contributed by atoms with Crippen LogP contribution in [0.1, 0.15) is 29.2 Å². The first kappa shape index (κ1) is 24.5. The highest BCUT2D eigenvalue weighted by molar-refractivity contribution is 6.39. The lowest BCUT2D eigenvalue weighted by Crippen LogP contribution is -2.54. The fourth-order valence-corrected chi connectivity index (χ4v) is 4.24. The number of ether oxygens (including phenoxy) is 1. The summed E-state index contributed by atoms with van der Waals surface area (Å²) >= 11 is 12.9. The number of anilines is 1. The number of amides is 4. The van der Waals surface area contributed by atoms with Gasteiger partial charge in [-0.15, -0.1) is 0 Å². The van der Waals surface area contributed by atoms with E-state index in [2.05, 4.69) is 5.32 Å². The highest BCUT2D eigenvalue weighted by Crippen LogP contribution is 2.34. The lowest BCUT2D eigenvalue weighted by molar-refractivity contribution is -0.122. The Labute approximate surface area is 213 Å². The van der Waals surface area contributed by atoms with Crippen molar-refractivity contribution in [3.05, 3.63) is 98.5 Å². The van der Waals surface area contributed by atoms with Crippen LogP contribution in [0.2, 0.25) is 10.0 Å². The lowest BCUT2D eigenvalue weighted by atomic mass is 10.00. The van der Waals surface area contributed by atoms with E-state index in [1.54, 1.807) is 42.5 Å². The number of barbiturate groups is 1. The van der Waals surface area contributed by atoms with Gasteiger partial charge in [-0.05, 0) is 61.4 Å². The van der Waals surface area contributed by atoms with E-state index in [4.69, 9.17) is 27.9 Å². The molecular weight excluding hydrogens is 487 g/mol. The molecule has 178 valence electrons. The molecule has 1 fully saturated rings. The summed E-state index contributed by atoms with van der Waals surface area (Å²) in [6.45, 7) is 4.13. The Bertz CT molecular complexity index is 1350. The molecule has 8 heteroatoms. The number of benzene rings is 3. The molecule has 1 heterocycles. The molecule has 0 aliphatic carbocycles. The molecule has 3 aromatic carbocycles. The predicted octanol–water partition coefficient (Wildman–Crippen LogP) is 5.96. The number of urea groups is 1. The third-order valence-corrected chi connectivity index (χ3v) is 6.21. The molecule has 4 rings (SSSR count). The number of aryl methyl sites for hydroxylation is 1. The number of carbonyl (C=O) groups excluding carboxylic acids is 3.